The molecule has 1 aromatic rings. The molecule has 1 aromatic carbocycles. The Balaban J connectivity index is 2.05. The van der Waals surface area contributed by atoms with E-state index in [1.165, 1.54) is 31.2 Å². The van der Waals surface area contributed by atoms with Crippen molar-refractivity contribution in [3.05, 3.63) is 35.9 Å². The molecule has 16 heavy (non-hydrogen) atoms. The van der Waals surface area contributed by atoms with E-state index in [4.69, 9.17) is 5.73 Å². The molecule has 0 heterocycles. The molecule has 1 saturated carbocycles. The maximum absolute atomic E-state index is 6.39. The number of rotatable bonds is 4. The van der Waals surface area contributed by atoms with E-state index < -0.39 is 0 Å². The van der Waals surface area contributed by atoms with Crippen LogP contribution in [0.5, 0.6) is 0 Å². The fraction of sp³-hybridized carbons (Fsp3) is 0.600. The van der Waals surface area contributed by atoms with Crippen LogP contribution in [0.3, 0.4) is 0 Å². The first-order valence-electron chi connectivity index (χ1n) is 6.42. The van der Waals surface area contributed by atoms with Gasteiger partial charge in [-0.1, -0.05) is 63.4 Å². The van der Waals surface area contributed by atoms with Gasteiger partial charge in [-0.15, -0.1) is 0 Å². The van der Waals surface area contributed by atoms with Gasteiger partial charge in [0.05, 0.1) is 0 Å². The summed E-state index contributed by atoms with van der Waals surface area (Å²) in [4.78, 5) is 0. The highest BCUT2D eigenvalue weighted by Crippen LogP contribution is 2.35. The maximum atomic E-state index is 6.39. The summed E-state index contributed by atoms with van der Waals surface area (Å²) in [6, 6.07) is 10.9. The summed E-state index contributed by atoms with van der Waals surface area (Å²) in [5, 5.41) is 0. The lowest BCUT2D eigenvalue weighted by molar-refractivity contribution is 0.241. The number of hydrogen-bond acceptors (Lipinski definition) is 1. The molecule has 1 unspecified atom stereocenters. The van der Waals surface area contributed by atoms with Crippen LogP contribution in [-0.4, -0.2) is 6.04 Å². The second-order valence-electron chi connectivity index (χ2n) is 5.73. The smallest absolute Gasteiger partial charge is 0.0134 e. The van der Waals surface area contributed by atoms with E-state index in [-0.39, 0.29) is 11.5 Å². The van der Waals surface area contributed by atoms with E-state index in [2.05, 4.69) is 44.2 Å². The third-order valence-corrected chi connectivity index (χ3v) is 4.26. The van der Waals surface area contributed by atoms with Crippen LogP contribution < -0.4 is 5.73 Å². The molecule has 1 nitrogen and oxygen atoms in total. The Morgan fingerprint density at radius 3 is 2.38 bits per heavy atom. The van der Waals surface area contributed by atoms with Crippen LogP contribution in [0.1, 0.15) is 45.1 Å². The van der Waals surface area contributed by atoms with Crippen LogP contribution in [0.2, 0.25) is 0 Å². The van der Waals surface area contributed by atoms with Crippen molar-refractivity contribution in [3.8, 4) is 0 Å². The van der Waals surface area contributed by atoms with Crippen molar-refractivity contribution in [1.29, 1.82) is 0 Å². The molecule has 0 aliphatic heterocycles. The summed E-state index contributed by atoms with van der Waals surface area (Å²) >= 11 is 0. The van der Waals surface area contributed by atoms with Gasteiger partial charge in [0.1, 0.15) is 0 Å². The van der Waals surface area contributed by atoms with Gasteiger partial charge >= 0.3 is 0 Å². The molecule has 1 heteroatoms. The summed E-state index contributed by atoms with van der Waals surface area (Å²) in [6.07, 6.45) is 5.36. The molecule has 1 aliphatic rings. The van der Waals surface area contributed by atoms with Crippen LogP contribution >= 0.6 is 0 Å². The number of benzene rings is 1. The van der Waals surface area contributed by atoms with E-state index in [1.54, 1.807) is 0 Å². The Morgan fingerprint density at radius 2 is 1.88 bits per heavy atom. The lowest BCUT2D eigenvalue weighted by atomic mass is 9.71. The van der Waals surface area contributed by atoms with Crippen molar-refractivity contribution in [3.63, 3.8) is 0 Å². The van der Waals surface area contributed by atoms with E-state index in [1.807, 2.05) is 0 Å². The number of hydrogen-bond donors (Lipinski definition) is 1. The predicted molar refractivity (Wildman–Crippen MR) is 69.4 cm³/mol. The first-order chi connectivity index (χ1) is 7.60. The maximum Gasteiger partial charge on any atom is 0.0134 e. The fourth-order valence-electron chi connectivity index (χ4n) is 2.46. The molecular formula is C15H23N. The van der Waals surface area contributed by atoms with Crippen molar-refractivity contribution in [2.45, 2.75) is 51.0 Å². The molecule has 2 N–H and O–H groups in total. The third kappa shape index (κ3) is 2.30. The predicted octanol–water partition coefficient (Wildman–Crippen LogP) is 3.48. The normalized spacial score (nSPS) is 19.2. The monoisotopic (exact) mass is 217 g/mol. The first kappa shape index (κ1) is 11.7. The Hall–Kier alpha value is -0.820. The van der Waals surface area contributed by atoms with Gasteiger partial charge in [-0.2, -0.15) is 0 Å². The summed E-state index contributed by atoms with van der Waals surface area (Å²) in [6.45, 7) is 4.54. The lowest BCUT2D eigenvalue weighted by Crippen LogP contribution is -2.43. The van der Waals surface area contributed by atoms with Crippen LogP contribution in [0.25, 0.3) is 0 Å². The van der Waals surface area contributed by atoms with Crippen molar-refractivity contribution in [2.24, 2.45) is 11.7 Å². The SMILES string of the molecule is CC(C)(c1ccccc1)C(N)CC1CCC1. The van der Waals surface area contributed by atoms with Gasteiger partial charge in [0.15, 0.2) is 0 Å². The minimum atomic E-state index is 0.0941. The quantitative estimate of drug-likeness (QED) is 0.821. The molecule has 1 fully saturated rings. The summed E-state index contributed by atoms with van der Waals surface area (Å²) in [5.41, 5.74) is 7.85. The van der Waals surface area contributed by atoms with Gasteiger partial charge in [-0.05, 0) is 17.9 Å². The summed E-state index contributed by atoms with van der Waals surface area (Å²) in [5.74, 6) is 0.887. The average molecular weight is 217 g/mol. The van der Waals surface area contributed by atoms with Gasteiger partial charge < -0.3 is 5.73 Å². The molecule has 0 saturated heterocycles. The van der Waals surface area contributed by atoms with Crippen molar-refractivity contribution >= 4 is 0 Å². The molecule has 0 radical (unpaired) electrons. The average Bonchev–Trinajstić information content (AvgIpc) is 2.24. The van der Waals surface area contributed by atoms with Crippen molar-refractivity contribution < 1.29 is 0 Å². The minimum absolute atomic E-state index is 0.0941. The molecule has 0 spiro atoms. The second-order valence-corrected chi connectivity index (χ2v) is 5.73. The molecule has 0 bridgehead atoms. The van der Waals surface area contributed by atoms with Gasteiger partial charge in [0, 0.05) is 11.5 Å². The van der Waals surface area contributed by atoms with E-state index >= 15 is 0 Å². The van der Waals surface area contributed by atoms with E-state index in [0.717, 1.165) is 5.92 Å². The molecule has 0 aromatic heterocycles. The van der Waals surface area contributed by atoms with Crippen LogP contribution in [-0.2, 0) is 5.41 Å². The van der Waals surface area contributed by atoms with Gasteiger partial charge in [-0.3, -0.25) is 0 Å². The van der Waals surface area contributed by atoms with Gasteiger partial charge in [0.25, 0.3) is 0 Å². The molecule has 1 atom stereocenters. The first-order valence-corrected chi connectivity index (χ1v) is 6.42. The van der Waals surface area contributed by atoms with Crippen molar-refractivity contribution in [1.82, 2.24) is 0 Å². The highest BCUT2D eigenvalue weighted by molar-refractivity contribution is 5.25. The third-order valence-electron chi connectivity index (χ3n) is 4.26. The highest BCUT2D eigenvalue weighted by atomic mass is 14.7. The molecule has 2 rings (SSSR count). The minimum Gasteiger partial charge on any atom is -0.327 e. The van der Waals surface area contributed by atoms with Crippen molar-refractivity contribution in [2.75, 3.05) is 0 Å². The second kappa shape index (κ2) is 4.58. The largest absolute Gasteiger partial charge is 0.327 e. The van der Waals surface area contributed by atoms with E-state index in [9.17, 15) is 0 Å². The molecule has 1 aliphatic carbocycles. The zero-order chi connectivity index (χ0) is 11.6. The van der Waals surface area contributed by atoms with Crippen LogP contribution in [0, 0.1) is 5.92 Å². The Kier molecular flexibility index (Phi) is 3.34. The lowest BCUT2D eigenvalue weighted by Gasteiger charge is -2.37. The Labute approximate surface area is 99.0 Å². The van der Waals surface area contributed by atoms with Crippen LogP contribution in [0.15, 0.2) is 30.3 Å². The Bertz CT molecular complexity index is 325. The number of nitrogens with two attached hydrogens (primary N) is 1. The zero-order valence-corrected chi connectivity index (χ0v) is 10.4. The van der Waals surface area contributed by atoms with Crippen LogP contribution in [0.4, 0.5) is 0 Å². The van der Waals surface area contributed by atoms with Gasteiger partial charge in [0.2, 0.25) is 0 Å². The highest BCUT2D eigenvalue weighted by Gasteiger charge is 2.31. The Morgan fingerprint density at radius 1 is 1.25 bits per heavy atom. The molecule has 0 amide bonds. The molecule has 88 valence electrons. The molecular weight excluding hydrogens is 194 g/mol. The van der Waals surface area contributed by atoms with E-state index in [0.29, 0.717) is 0 Å². The van der Waals surface area contributed by atoms with Gasteiger partial charge in [-0.25, -0.2) is 0 Å². The fourth-order valence-corrected chi connectivity index (χ4v) is 2.46. The zero-order valence-electron chi connectivity index (χ0n) is 10.4. The summed E-state index contributed by atoms with van der Waals surface area (Å²) < 4.78 is 0. The topological polar surface area (TPSA) is 26.0 Å². The standard InChI is InChI=1S/C15H23N/c1-15(2,13-9-4-3-5-10-13)14(16)11-12-7-6-8-12/h3-5,9-10,12,14H,6-8,11,16H2,1-2H3. The summed E-state index contributed by atoms with van der Waals surface area (Å²) in [7, 11) is 0.